The lowest BCUT2D eigenvalue weighted by atomic mass is 10.1. The van der Waals surface area contributed by atoms with Crippen molar-refractivity contribution >= 4 is 12.6 Å². The second-order valence-electron chi connectivity index (χ2n) is 4.47. The predicted octanol–water partition coefficient (Wildman–Crippen LogP) is 2.82. The maximum absolute atomic E-state index is 4.22. The van der Waals surface area contributed by atoms with Gasteiger partial charge < -0.3 is 4.90 Å². The molecule has 0 radical (unpaired) electrons. The van der Waals surface area contributed by atoms with Gasteiger partial charge in [-0.05, 0) is 44.4 Å². The smallest absolute Gasteiger partial charge is 0.00700 e. The molecule has 2 unspecified atom stereocenters. The van der Waals surface area contributed by atoms with Gasteiger partial charge in [-0.25, -0.2) is 0 Å². The Morgan fingerprint density at radius 3 is 2.54 bits per heavy atom. The lowest BCUT2D eigenvalue weighted by Crippen LogP contribution is -2.28. The molecule has 0 N–H and O–H groups in total. The van der Waals surface area contributed by atoms with E-state index in [0.29, 0.717) is 0 Å². The van der Waals surface area contributed by atoms with Crippen molar-refractivity contribution in [2.45, 2.75) is 45.6 Å². The summed E-state index contributed by atoms with van der Waals surface area (Å²) in [7, 11) is 0. The summed E-state index contributed by atoms with van der Waals surface area (Å²) in [6.07, 6.45) is 5.38. The topological polar surface area (TPSA) is 3.24 Å². The van der Waals surface area contributed by atoms with Gasteiger partial charge in [-0.1, -0.05) is 13.3 Å². The van der Waals surface area contributed by atoms with Crippen LogP contribution in [0.15, 0.2) is 0 Å². The molecule has 1 heterocycles. The van der Waals surface area contributed by atoms with Gasteiger partial charge >= 0.3 is 0 Å². The zero-order valence-corrected chi connectivity index (χ0v) is 9.89. The molecule has 0 aromatic rings. The molecule has 0 saturated carbocycles. The molecule has 2 atom stereocenters. The summed E-state index contributed by atoms with van der Waals surface area (Å²) < 4.78 is 0. The number of hydrogen-bond acceptors (Lipinski definition) is 2. The Balaban J connectivity index is 2.07. The van der Waals surface area contributed by atoms with Gasteiger partial charge in [0.15, 0.2) is 0 Å². The molecule has 0 spiro atoms. The lowest BCUT2D eigenvalue weighted by molar-refractivity contribution is 0.259. The van der Waals surface area contributed by atoms with Crippen molar-refractivity contribution in [1.82, 2.24) is 4.90 Å². The zero-order valence-electron chi connectivity index (χ0n) is 9.00. The van der Waals surface area contributed by atoms with Gasteiger partial charge in [-0.3, -0.25) is 0 Å². The highest BCUT2D eigenvalue weighted by molar-refractivity contribution is 7.80. The monoisotopic (exact) mass is 201 g/mol. The first kappa shape index (κ1) is 11.4. The number of likely N-dealkylation sites (tertiary alicyclic amines) is 1. The predicted molar refractivity (Wildman–Crippen MR) is 62.5 cm³/mol. The molecular weight excluding hydrogens is 178 g/mol. The Hall–Kier alpha value is 0.310. The van der Waals surface area contributed by atoms with E-state index in [1.165, 1.54) is 38.8 Å². The summed E-state index contributed by atoms with van der Waals surface area (Å²) in [5.41, 5.74) is 0. The number of hydrogen-bond donors (Lipinski definition) is 1. The average molecular weight is 201 g/mol. The van der Waals surface area contributed by atoms with E-state index >= 15 is 0 Å². The molecule has 1 saturated heterocycles. The minimum absolute atomic E-state index is 0.825. The van der Waals surface area contributed by atoms with Crippen LogP contribution in [-0.2, 0) is 0 Å². The van der Waals surface area contributed by atoms with E-state index < -0.39 is 0 Å². The normalized spacial score (nSPS) is 29.8. The molecule has 1 nitrogen and oxygen atoms in total. The molecule has 78 valence electrons. The van der Waals surface area contributed by atoms with E-state index in [9.17, 15) is 0 Å². The second kappa shape index (κ2) is 5.92. The van der Waals surface area contributed by atoms with Crippen molar-refractivity contribution in [3.8, 4) is 0 Å². The number of unbranched alkanes of at least 4 members (excludes halogenated alkanes) is 2. The van der Waals surface area contributed by atoms with Crippen LogP contribution in [0, 0.1) is 5.92 Å². The highest BCUT2D eigenvalue weighted by atomic mass is 32.1. The van der Waals surface area contributed by atoms with E-state index in [-0.39, 0.29) is 0 Å². The first-order valence-electron chi connectivity index (χ1n) is 5.59. The van der Waals surface area contributed by atoms with E-state index in [2.05, 4.69) is 31.4 Å². The third kappa shape index (κ3) is 3.90. The lowest BCUT2D eigenvalue weighted by Gasteiger charge is -2.20. The third-order valence-corrected chi connectivity index (χ3v) is 3.33. The molecule has 13 heavy (non-hydrogen) atoms. The fourth-order valence-electron chi connectivity index (χ4n) is 2.30. The van der Waals surface area contributed by atoms with Gasteiger partial charge in [0.2, 0.25) is 0 Å². The van der Waals surface area contributed by atoms with Gasteiger partial charge in [0.05, 0.1) is 0 Å². The van der Waals surface area contributed by atoms with E-state index in [4.69, 9.17) is 0 Å². The minimum Gasteiger partial charge on any atom is -0.300 e. The van der Waals surface area contributed by atoms with Crippen LogP contribution >= 0.6 is 12.6 Å². The summed E-state index contributed by atoms with van der Waals surface area (Å²) in [4.78, 5) is 2.64. The molecule has 0 aromatic heterocycles. The highest BCUT2D eigenvalue weighted by Gasteiger charge is 2.24. The molecule has 1 rings (SSSR count). The van der Waals surface area contributed by atoms with Crippen LogP contribution in [-0.4, -0.2) is 29.8 Å². The molecule has 0 amide bonds. The summed E-state index contributed by atoms with van der Waals surface area (Å²) in [6.45, 7) is 7.35. The Kier molecular flexibility index (Phi) is 5.18. The third-order valence-electron chi connectivity index (χ3n) is 3.02. The van der Waals surface area contributed by atoms with E-state index in [0.717, 1.165) is 17.7 Å². The van der Waals surface area contributed by atoms with Crippen molar-refractivity contribution in [1.29, 1.82) is 0 Å². The van der Waals surface area contributed by atoms with Gasteiger partial charge in [-0.15, -0.1) is 0 Å². The zero-order chi connectivity index (χ0) is 9.68. The first-order chi connectivity index (χ1) is 6.24. The Labute approximate surface area is 88.3 Å². The molecular formula is C11H23NS. The van der Waals surface area contributed by atoms with Gasteiger partial charge in [-0.2, -0.15) is 12.6 Å². The van der Waals surface area contributed by atoms with Crippen molar-refractivity contribution in [3.63, 3.8) is 0 Å². The largest absolute Gasteiger partial charge is 0.300 e. The summed E-state index contributed by atoms with van der Waals surface area (Å²) in [5.74, 6) is 1.96. The molecule has 0 bridgehead atoms. The molecule has 0 aromatic carbocycles. The van der Waals surface area contributed by atoms with Crippen LogP contribution in [0.2, 0.25) is 0 Å². The Morgan fingerprint density at radius 2 is 2.00 bits per heavy atom. The molecule has 0 aliphatic carbocycles. The summed E-state index contributed by atoms with van der Waals surface area (Å²) >= 11 is 4.22. The van der Waals surface area contributed by atoms with E-state index in [1.807, 2.05) is 0 Å². The van der Waals surface area contributed by atoms with E-state index in [1.54, 1.807) is 0 Å². The van der Waals surface area contributed by atoms with Crippen LogP contribution in [0.5, 0.6) is 0 Å². The van der Waals surface area contributed by atoms with Crippen LogP contribution in [0.3, 0.4) is 0 Å². The highest BCUT2D eigenvalue weighted by Crippen LogP contribution is 2.22. The maximum atomic E-state index is 4.22. The minimum atomic E-state index is 0.825. The molecule has 1 aliphatic heterocycles. The quantitative estimate of drug-likeness (QED) is 0.529. The summed E-state index contributed by atoms with van der Waals surface area (Å²) in [6, 6.07) is 0.825. The fraction of sp³-hybridized carbons (Fsp3) is 1.00. The standard InChI is InChI=1S/C11H23NS/c1-10-8-11(2)12(9-10)6-4-3-5-7-13/h10-11,13H,3-9H2,1-2H3. The SMILES string of the molecule is CC1CC(C)N(CCCCCS)C1. The molecule has 1 fully saturated rings. The Bertz CT molecular complexity index is 138. The second-order valence-corrected chi connectivity index (χ2v) is 4.92. The van der Waals surface area contributed by atoms with Crippen molar-refractivity contribution in [3.05, 3.63) is 0 Å². The maximum Gasteiger partial charge on any atom is 0.00700 e. The number of rotatable bonds is 5. The average Bonchev–Trinajstić information content (AvgIpc) is 2.39. The fourth-order valence-corrected chi connectivity index (χ4v) is 2.52. The molecule has 1 aliphatic rings. The number of thiol groups is 1. The first-order valence-corrected chi connectivity index (χ1v) is 6.22. The Morgan fingerprint density at radius 1 is 1.23 bits per heavy atom. The van der Waals surface area contributed by atoms with Crippen molar-refractivity contribution in [2.24, 2.45) is 5.92 Å². The van der Waals surface area contributed by atoms with Gasteiger partial charge in [0.25, 0.3) is 0 Å². The van der Waals surface area contributed by atoms with Crippen molar-refractivity contribution < 1.29 is 0 Å². The van der Waals surface area contributed by atoms with Crippen LogP contribution in [0.1, 0.15) is 39.5 Å². The van der Waals surface area contributed by atoms with Crippen LogP contribution < -0.4 is 0 Å². The van der Waals surface area contributed by atoms with Crippen LogP contribution in [0.25, 0.3) is 0 Å². The van der Waals surface area contributed by atoms with Crippen LogP contribution in [0.4, 0.5) is 0 Å². The van der Waals surface area contributed by atoms with Gasteiger partial charge in [0.1, 0.15) is 0 Å². The summed E-state index contributed by atoms with van der Waals surface area (Å²) in [5, 5.41) is 0. The van der Waals surface area contributed by atoms with Gasteiger partial charge in [0, 0.05) is 12.6 Å². The number of nitrogens with zero attached hydrogens (tertiary/aromatic N) is 1. The van der Waals surface area contributed by atoms with Crippen molar-refractivity contribution in [2.75, 3.05) is 18.8 Å². The molecule has 2 heteroatoms.